The molecule has 26 heavy (non-hydrogen) atoms. The predicted molar refractivity (Wildman–Crippen MR) is 104 cm³/mol. The number of nitrogens with zero attached hydrogens (tertiary/aromatic N) is 3. The van der Waals surface area contributed by atoms with E-state index in [0.717, 1.165) is 35.5 Å². The highest BCUT2D eigenvalue weighted by Gasteiger charge is 2.16. The maximum atomic E-state index is 12.2. The van der Waals surface area contributed by atoms with E-state index in [-0.39, 0.29) is 11.7 Å². The molecule has 7 nitrogen and oxygen atoms in total. The number of thioether (sulfide) groups is 1. The van der Waals surface area contributed by atoms with Crippen molar-refractivity contribution in [1.29, 1.82) is 0 Å². The molecule has 3 aromatic rings. The second-order valence-electron chi connectivity index (χ2n) is 5.85. The summed E-state index contributed by atoms with van der Waals surface area (Å²) >= 11 is 8.90. The quantitative estimate of drug-likeness (QED) is 0.603. The molecule has 4 rings (SSSR count). The number of hydrogen-bond acceptors (Lipinski definition) is 8. The average Bonchev–Trinajstić information content (AvgIpc) is 3.30. The standard InChI is InChI=1S/C16H16ClN5O2S2/c17-9-3-4-12-11(6-9)14(23)20-13(19-12)8-25-16-22-21-15(26-16)18-7-10-2-1-5-24-10/h3-4,6,10H,1-2,5,7-8H2,(H,18,21)(H,19,20,23)/t10-/m0/s1. The van der Waals surface area contributed by atoms with Crippen molar-refractivity contribution in [2.75, 3.05) is 18.5 Å². The van der Waals surface area contributed by atoms with Crippen molar-refractivity contribution in [3.8, 4) is 0 Å². The Morgan fingerprint density at radius 1 is 1.42 bits per heavy atom. The summed E-state index contributed by atoms with van der Waals surface area (Å²) < 4.78 is 6.40. The van der Waals surface area contributed by atoms with Crippen molar-refractivity contribution in [1.82, 2.24) is 20.2 Å². The normalized spacial score (nSPS) is 17.0. The van der Waals surface area contributed by atoms with Crippen LogP contribution in [0.3, 0.4) is 0 Å². The zero-order chi connectivity index (χ0) is 17.9. The van der Waals surface area contributed by atoms with Gasteiger partial charge in [-0.1, -0.05) is 34.7 Å². The molecule has 0 radical (unpaired) electrons. The van der Waals surface area contributed by atoms with Gasteiger partial charge in [0.25, 0.3) is 5.56 Å². The van der Waals surface area contributed by atoms with Crippen LogP contribution in [0, 0.1) is 0 Å². The highest BCUT2D eigenvalue weighted by atomic mass is 35.5. The van der Waals surface area contributed by atoms with Crippen LogP contribution < -0.4 is 10.9 Å². The number of rotatable bonds is 6. The minimum absolute atomic E-state index is 0.190. The maximum absolute atomic E-state index is 12.2. The second-order valence-corrected chi connectivity index (χ2v) is 8.49. The third-order valence-corrected chi connectivity index (χ3v) is 6.22. The molecule has 1 aromatic carbocycles. The fourth-order valence-electron chi connectivity index (χ4n) is 2.70. The highest BCUT2D eigenvalue weighted by Crippen LogP contribution is 2.28. The monoisotopic (exact) mass is 409 g/mol. The number of fused-ring (bicyclic) bond motifs is 1. The molecule has 3 heterocycles. The van der Waals surface area contributed by atoms with Crippen LogP contribution in [0.4, 0.5) is 5.13 Å². The number of nitrogens with one attached hydrogen (secondary N) is 2. The Kier molecular flexibility index (Phi) is 5.39. The van der Waals surface area contributed by atoms with Crippen LogP contribution >= 0.6 is 34.7 Å². The van der Waals surface area contributed by atoms with E-state index >= 15 is 0 Å². The molecule has 10 heteroatoms. The number of aromatic nitrogens is 4. The lowest BCUT2D eigenvalue weighted by Crippen LogP contribution is -2.18. The van der Waals surface area contributed by atoms with Crippen molar-refractivity contribution in [3.05, 3.63) is 39.4 Å². The van der Waals surface area contributed by atoms with Gasteiger partial charge in [0.05, 0.1) is 22.8 Å². The van der Waals surface area contributed by atoms with E-state index < -0.39 is 0 Å². The first-order valence-corrected chi connectivity index (χ1v) is 10.4. The lowest BCUT2D eigenvalue weighted by molar-refractivity contribution is 0.120. The minimum Gasteiger partial charge on any atom is -0.376 e. The van der Waals surface area contributed by atoms with Crippen LogP contribution in [0.25, 0.3) is 10.9 Å². The Balaban J connectivity index is 1.38. The molecule has 0 amide bonds. The van der Waals surface area contributed by atoms with E-state index in [1.807, 2.05) is 0 Å². The van der Waals surface area contributed by atoms with Gasteiger partial charge in [-0.15, -0.1) is 10.2 Å². The van der Waals surface area contributed by atoms with Crippen molar-refractivity contribution in [2.45, 2.75) is 29.0 Å². The molecule has 136 valence electrons. The van der Waals surface area contributed by atoms with E-state index in [9.17, 15) is 4.79 Å². The van der Waals surface area contributed by atoms with Gasteiger partial charge in [-0.3, -0.25) is 4.79 Å². The molecule has 0 saturated carbocycles. The van der Waals surface area contributed by atoms with Crippen molar-refractivity contribution < 1.29 is 4.74 Å². The van der Waals surface area contributed by atoms with Crippen LogP contribution in [0.1, 0.15) is 18.7 Å². The first kappa shape index (κ1) is 17.7. The van der Waals surface area contributed by atoms with Crippen molar-refractivity contribution in [3.63, 3.8) is 0 Å². The summed E-state index contributed by atoms with van der Waals surface area (Å²) in [6, 6.07) is 5.10. The predicted octanol–water partition coefficient (Wildman–Crippen LogP) is 3.31. The molecule has 0 bridgehead atoms. The minimum atomic E-state index is -0.190. The third kappa shape index (κ3) is 4.17. The molecule has 0 unspecified atom stereocenters. The third-order valence-electron chi connectivity index (χ3n) is 3.96. The molecule has 1 aliphatic heterocycles. The van der Waals surface area contributed by atoms with Gasteiger partial charge in [-0.25, -0.2) is 4.98 Å². The highest BCUT2D eigenvalue weighted by molar-refractivity contribution is 8.00. The lowest BCUT2D eigenvalue weighted by Gasteiger charge is -2.08. The number of benzene rings is 1. The summed E-state index contributed by atoms with van der Waals surface area (Å²) in [6.45, 7) is 1.59. The Morgan fingerprint density at radius 2 is 2.35 bits per heavy atom. The summed E-state index contributed by atoms with van der Waals surface area (Å²) in [5.74, 6) is 1.10. The van der Waals surface area contributed by atoms with Gasteiger partial charge in [0.15, 0.2) is 4.34 Å². The smallest absolute Gasteiger partial charge is 0.258 e. The fraction of sp³-hybridized carbons (Fsp3) is 0.375. The van der Waals surface area contributed by atoms with Crippen LogP contribution in [0.2, 0.25) is 5.02 Å². The number of aromatic amines is 1. The number of ether oxygens (including phenoxy) is 1. The van der Waals surface area contributed by atoms with E-state index in [1.54, 1.807) is 18.2 Å². The Hall–Kier alpha value is -1.68. The van der Waals surface area contributed by atoms with Gasteiger partial charge < -0.3 is 15.0 Å². The maximum Gasteiger partial charge on any atom is 0.258 e. The van der Waals surface area contributed by atoms with Gasteiger partial charge in [0.1, 0.15) is 5.82 Å². The van der Waals surface area contributed by atoms with Gasteiger partial charge in [0, 0.05) is 18.2 Å². The molecule has 1 atom stereocenters. The second kappa shape index (κ2) is 7.91. The average molecular weight is 410 g/mol. The molecule has 1 fully saturated rings. The van der Waals surface area contributed by atoms with Gasteiger partial charge >= 0.3 is 0 Å². The van der Waals surface area contributed by atoms with Crippen LogP contribution in [-0.4, -0.2) is 39.4 Å². The van der Waals surface area contributed by atoms with Crippen LogP contribution in [0.15, 0.2) is 27.3 Å². The van der Waals surface area contributed by atoms with E-state index in [0.29, 0.717) is 27.5 Å². The summed E-state index contributed by atoms with van der Waals surface area (Å²) in [5, 5.41) is 13.4. The van der Waals surface area contributed by atoms with Crippen LogP contribution in [0.5, 0.6) is 0 Å². The Bertz CT molecular complexity index is 971. The zero-order valence-electron chi connectivity index (χ0n) is 13.7. The summed E-state index contributed by atoms with van der Waals surface area (Å²) in [5.41, 5.74) is 0.439. The summed E-state index contributed by atoms with van der Waals surface area (Å²) in [6.07, 6.45) is 2.46. The molecule has 1 aliphatic rings. The number of halogens is 1. The van der Waals surface area contributed by atoms with E-state index in [4.69, 9.17) is 16.3 Å². The molecule has 0 aliphatic carbocycles. The first-order valence-electron chi connectivity index (χ1n) is 8.17. The van der Waals surface area contributed by atoms with E-state index in [2.05, 4.69) is 25.5 Å². The largest absolute Gasteiger partial charge is 0.376 e. The molecular weight excluding hydrogens is 394 g/mol. The molecule has 0 spiro atoms. The SMILES string of the molecule is O=c1[nH]c(CSc2nnc(NC[C@@H]3CCCO3)s2)nc2ccc(Cl)cc12. The van der Waals surface area contributed by atoms with Crippen LogP contribution in [-0.2, 0) is 10.5 Å². The van der Waals surface area contributed by atoms with Gasteiger partial charge in [0.2, 0.25) is 5.13 Å². The Morgan fingerprint density at radius 3 is 3.19 bits per heavy atom. The number of hydrogen-bond donors (Lipinski definition) is 2. The van der Waals surface area contributed by atoms with Gasteiger partial charge in [-0.2, -0.15) is 0 Å². The number of H-pyrrole nitrogens is 1. The molecule has 1 saturated heterocycles. The topological polar surface area (TPSA) is 92.8 Å². The molecular formula is C16H16ClN5O2S2. The number of anilines is 1. The van der Waals surface area contributed by atoms with Gasteiger partial charge in [-0.05, 0) is 31.0 Å². The Labute approximate surface area is 162 Å². The zero-order valence-corrected chi connectivity index (χ0v) is 16.1. The molecule has 2 N–H and O–H groups in total. The van der Waals surface area contributed by atoms with Crippen molar-refractivity contribution in [2.24, 2.45) is 0 Å². The molecule has 2 aromatic heterocycles. The van der Waals surface area contributed by atoms with E-state index in [1.165, 1.54) is 23.1 Å². The summed E-state index contributed by atoms with van der Waals surface area (Å²) in [7, 11) is 0. The fourth-order valence-corrected chi connectivity index (χ4v) is 4.50. The summed E-state index contributed by atoms with van der Waals surface area (Å²) in [4.78, 5) is 19.4. The first-order chi connectivity index (χ1) is 12.7. The van der Waals surface area contributed by atoms with Crippen molar-refractivity contribution >= 4 is 50.7 Å². The lowest BCUT2D eigenvalue weighted by atomic mass is 10.2.